The quantitative estimate of drug-likeness (QED) is 0.513. The molecule has 1 heterocycles. The summed E-state index contributed by atoms with van der Waals surface area (Å²) in [6.45, 7) is 10.7. The van der Waals surface area contributed by atoms with Crippen LogP contribution in [0.1, 0.15) is 38.2 Å². The molecule has 0 saturated carbocycles. The van der Waals surface area contributed by atoms with Crippen LogP contribution >= 0.6 is 11.6 Å². The molecule has 1 aromatic rings. The van der Waals surface area contributed by atoms with E-state index in [1.165, 1.54) is 0 Å². The summed E-state index contributed by atoms with van der Waals surface area (Å²) in [7, 11) is 0. The van der Waals surface area contributed by atoms with E-state index in [0.29, 0.717) is 24.9 Å². The van der Waals surface area contributed by atoms with Gasteiger partial charge < -0.3 is 15.0 Å². The first-order valence-electron chi connectivity index (χ1n) is 6.79. The van der Waals surface area contributed by atoms with Gasteiger partial charge in [-0.1, -0.05) is 37.1 Å². The molecule has 0 amide bonds. The zero-order valence-corrected chi connectivity index (χ0v) is 12.6. The van der Waals surface area contributed by atoms with Gasteiger partial charge in [0.05, 0.1) is 18.9 Å². The molecule has 0 aliphatic rings. The third-order valence-electron chi connectivity index (χ3n) is 2.62. The van der Waals surface area contributed by atoms with E-state index in [4.69, 9.17) is 16.3 Å². The number of rotatable bonds is 10. The van der Waals surface area contributed by atoms with E-state index in [2.05, 4.69) is 28.8 Å². The molecule has 0 unspecified atom stereocenters. The number of hydrogen-bond donors (Lipinski definition) is 2. The van der Waals surface area contributed by atoms with Gasteiger partial charge in [0.1, 0.15) is 5.82 Å². The molecule has 0 fully saturated rings. The van der Waals surface area contributed by atoms with Crippen molar-refractivity contribution in [2.24, 2.45) is 0 Å². The van der Waals surface area contributed by atoms with Crippen LogP contribution in [0.3, 0.4) is 0 Å². The molecular weight excluding hydrogens is 262 g/mol. The van der Waals surface area contributed by atoms with Crippen molar-refractivity contribution in [2.75, 3.05) is 19.8 Å². The fourth-order valence-electron chi connectivity index (χ4n) is 1.62. The number of imidazole rings is 1. The van der Waals surface area contributed by atoms with E-state index in [9.17, 15) is 0 Å². The summed E-state index contributed by atoms with van der Waals surface area (Å²) in [6, 6.07) is 0. The number of nitrogens with zero attached hydrogens (tertiary/aromatic N) is 1. The summed E-state index contributed by atoms with van der Waals surface area (Å²) in [5.41, 5.74) is 1.99. The Morgan fingerprint density at radius 3 is 3.00 bits per heavy atom. The molecule has 2 N–H and O–H groups in total. The van der Waals surface area contributed by atoms with Crippen LogP contribution in [0, 0.1) is 0 Å². The SMILES string of the molecule is C=C(C)COCCNCc1[nH]c(CCCC)nc1Cl. The number of aryl methyl sites for hydroxylation is 1. The molecule has 1 aromatic heterocycles. The van der Waals surface area contributed by atoms with Crippen molar-refractivity contribution < 1.29 is 4.74 Å². The highest BCUT2D eigenvalue weighted by molar-refractivity contribution is 6.30. The highest BCUT2D eigenvalue weighted by Gasteiger charge is 2.07. The van der Waals surface area contributed by atoms with Gasteiger partial charge in [-0.05, 0) is 13.3 Å². The lowest BCUT2D eigenvalue weighted by atomic mass is 10.2. The second kappa shape index (κ2) is 9.13. The van der Waals surface area contributed by atoms with Crippen LogP contribution < -0.4 is 5.32 Å². The predicted molar refractivity (Wildman–Crippen MR) is 79.5 cm³/mol. The number of H-pyrrole nitrogens is 1. The molecule has 4 nitrogen and oxygen atoms in total. The second-order valence-electron chi connectivity index (χ2n) is 4.74. The third kappa shape index (κ3) is 6.76. The summed E-state index contributed by atoms with van der Waals surface area (Å²) in [4.78, 5) is 7.58. The lowest BCUT2D eigenvalue weighted by Crippen LogP contribution is -2.20. The van der Waals surface area contributed by atoms with Gasteiger partial charge in [-0.15, -0.1) is 0 Å². The normalized spacial score (nSPS) is 10.9. The van der Waals surface area contributed by atoms with Gasteiger partial charge in [0.25, 0.3) is 0 Å². The largest absolute Gasteiger partial charge is 0.376 e. The average molecular weight is 286 g/mol. The van der Waals surface area contributed by atoms with Gasteiger partial charge in [0.15, 0.2) is 5.15 Å². The highest BCUT2D eigenvalue weighted by atomic mass is 35.5. The van der Waals surface area contributed by atoms with Crippen LogP contribution in [0.15, 0.2) is 12.2 Å². The Balaban J connectivity index is 2.21. The molecule has 1 rings (SSSR count). The molecule has 0 radical (unpaired) electrons. The Morgan fingerprint density at radius 1 is 1.53 bits per heavy atom. The Labute approximate surface area is 120 Å². The third-order valence-corrected chi connectivity index (χ3v) is 2.93. The Kier molecular flexibility index (Phi) is 7.79. The maximum absolute atomic E-state index is 6.08. The van der Waals surface area contributed by atoms with Crippen molar-refractivity contribution in [3.05, 3.63) is 28.8 Å². The summed E-state index contributed by atoms with van der Waals surface area (Å²) in [6.07, 6.45) is 3.25. The van der Waals surface area contributed by atoms with Gasteiger partial charge in [-0.3, -0.25) is 0 Å². The van der Waals surface area contributed by atoms with Gasteiger partial charge in [-0.2, -0.15) is 0 Å². The zero-order valence-electron chi connectivity index (χ0n) is 11.9. The first-order valence-corrected chi connectivity index (χ1v) is 7.17. The molecule has 19 heavy (non-hydrogen) atoms. The number of nitrogens with one attached hydrogen (secondary N) is 2. The van der Waals surface area contributed by atoms with Crippen molar-refractivity contribution in [1.29, 1.82) is 0 Å². The molecule has 5 heteroatoms. The smallest absolute Gasteiger partial charge is 0.151 e. The van der Waals surface area contributed by atoms with Crippen molar-refractivity contribution in [3.63, 3.8) is 0 Å². The number of aromatic amines is 1. The number of ether oxygens (including phenoxy) is 1. The molecule has 0 aromatic carbocycles. The van der Waals surface area contributed by atoms with Crippen molar-refractivity contribution >= 4 is 11.6 Å². The molecular formula is C14H24ClN3O. The van der Waals surface area contributed by atoms with Crippen molar-refractivity contribution in [2.45, 2.75) is 39.7 Å². The maximum atomic E-state index is 6.08. The molecule has 0 spiro atoms. The van der Waals surface area contributed by atoms with E-state index in [0.717, 1.165) is 42.9 Å². The van der Waals surface area contributed by atoms with Crippen LogP contribution in [-0.2, 0) is 17.7 Å². The Bertz CT molecular complexity index is 390. The highest BCUT2D eigenvalue weighted by Crippen LogP contribution is 2.13. The molecule has 0 aliphatic carbocycles. The fraction of sp³-hybridized carbons (Fsp3) is 0.643. The first kappa shape index (κ1) is 16.2. The van der Waals surface area contributed by atoms with Crippen LogP contribution in [0.25, 0.3) is 0 Å². The minimum Gasteiger partial charge on any atom is -0.376 e. The first-order chi connectivity index (χ1) is 9.13. The van der Waals surface area contributed by atoms with Crippen LogP contribution in [0.5, 0.6) is 0 Å². The molecule has 0 saturated heterocycles. The topological polar surface area (TPSA) is 49.9 Å². The maximum Gasteiger partial charge on any atom is 0.151 e. The number of hydrogen-bond acceptors (Lipinski definition) is 3. The lowest BCUT2D eigenvalue weighted by molar-refractivity contribution is 0.157. The lowest BCUT2D eigenvalue weighted by Gasteiger charge is -2.05. The minimum atomic E-state index is 0.571. The zero-order chi connectivity index (χ0) is 14.1. The summed E-state index contributed by atoms with van der Waals surface area (Å²) >= 11 is 6.08. The summed E-state index contributed by atoms with van der Waals surface area (Å²) < 4.78 is 5.40. The number of unbranched alkanes of at least 4 members (excludes halogenated alkanes) is 1. The van der Waals surface area contributed by atoms with Gasteiger partial charge in [-0.25, -0.2) is 4.98 Å². The van der Waals surface area contributed by atoms with Crippen LogP contribution in [-0.4, -0.2) is 29.7 Å². The molecule has 108 valence electrons. The van der Waals surface area contributed by atoms with Gasteiger partial charge >= 0.3 is 0 Å². The van der Waals surface area contributed by atoms with E-state index < -0.39 is 0 Å². The molecule has 0 bridgehead atoms. The van der Waals surface area contributed by atoms with E-state index in [1.54, 1.807) is 0 Å². The van der Waals surface area contributed by atoms with E-state index >= 15 is 0 Å². The Morgan fingerprint density at radius 2 is 2.32 bits per heavy atom. The fourth-order valence-corrected chi connectivity index (χ4v) is 1.84. The van der Waals surface area contributed by atoms with E-state index in [1.807, 2.05) is 6.92 Å². The Hall–Kier alpha value is -0.840. The molecule has 0 atom stereocenters. The standard InChI is InChI=1S/C14H24ClN3O/c1-4-5-6-13-17-12(14(15)18-13)9-16-7-8-19-10-11(2)3/h16H,2,4-10H2,1,3H3,(H,17,18). The van der Waals surface area contributed by atoms with Crippen LogP contribution in [0.2, 0.25) is 5.15 Å². The van der Waals surface area contributed by atoms with Gasteiger partial charge in [0.2, 0.25) is 0 Å². The van der Waals surface area contributed by atoms with Crippen molar-refractivity contribution in [1.82, 2.24) is 15.3 Å². The molecule has 0 aliphatic heterocycles. The van der Waals surface area contributed by atoms with Gasteiger partial charge in [0, 0.05) is 19.5 Å². The average Bonchev–Trinajstić information content (AvgIpc) is 2.71. The van der Waals surface area contributed by atoms with E-state index in [-0.39, 0.29) is 0 Å². The number of halogens is 1. The van der Waals surface area contributed by atoms with Crippen molar-refractivity contribution in [3.8, 4) is 0 Å². The number of aromatic nitrogens is 2. The monoisotopic (exact) mass is 285 g/mol. The predicted octanol–water partition coefficient (Wildman–Crippen LogP) is 3.09. The van der Waals surface area contributed by atoms with Crippen LogP contribution in [0.4, 0.5) is 0 Å². The minimum absolute atomic E-state index is 0.571. The summed E-state index contributed by atoms with van der Waals surface area (Å²) in [5.74, 6) is 0.974. The second-order valence-corrected chi connectivity index (χ2v) is 5.10. The summed E-state index contributed by atoms with van der Waals surface area (Å²) in [5, 5.41) is 3.85.